The second kappa shape index (κ2) is 7.84. The molecule has 0 saturated carbocycles. The van der Waals surface area contributed by atoms with Gasteiger partial charge in [0.1, 0.15) is 23.4 Å². The van der Waals surface area contributed by atoms with Crippen molar-refractivity contribution in [3.63, 3.8) is 0 Å². The number of ether oxygens (including phenoxy) is 3. The SMILES string of the molecule is COc1ccc(-c2noc(-c3cc4n(n3)C[C@@H](c3ccc(F)cc3)OC4)n2)c(OC)c1. The van der Waals surface area contributed by atoms with Crippen LogP contribution in [0, 0.1) is 5.82 Å². The number of methoxy groups -OCH3 is 2. The molecule has 0 bridgehead atoms. The van der Waals surface area contributed by atoms with Crippen LogP contribution in [0.4, 0.5) is 4.39 Å². The summed E-state index contributed by atoms with van der Waals surface area (Å²) in [4.78, 5) is 4.49. The van der Waals surface area contributed by atoms with E-state index in [9.17, 15) is 4.39 Å². The van der Waals surface area contributed by atoms with Crippen LogP contribution < -0.4 is 9.47 Å². The first-order valence-corrected chi connectivity index (χ1v) is 9.65. The Bertz CT molecular complexity index is 1220. The van der Waals surface area contributed by atoms with Crippen LogP contribution in [-0.4, -0.2) is 34.1 Å². The summed E-state index contributed by atoms with van der Waals surface area (Å²) in [6.45, 7) is 0.886. The Morgan fingerprint density at radius 2 is 1.90 bits per heavy atom. The number of rotatable bonds is 5. The third-order valence-electron chi connectivity index (χ3n) is 5.17. The Hall–Kier alpha value is -3.72. The minimum absolute atomic E-state index is 0.206. The Kier molecular flexibility index (Phi) is 4.87. The molecule has 0 saturated heterocycles. The minimum Gasteiger partial charge on any atom is -0.497 e. The number of aromatic nitrogens is 4. The predicted octanol–water partition coefficient (Wildman–Crippen LogP) is 4.03. The molecule has 3 heterocycles. The smallest absolute Gasteiger partial charge is 0.278 e. The molecule has 31 heavy (non-hydrogen) atoms. The number of hydrogen-bond acceptors (Lipinski definition) is 7. The standard InChI is InChI=1S/C22H19FN4O4/c1-28-16-7-8-17(19(10-16)29-2)21-24-22(31-26-21)18-9-15-12-30-20(11-27(15)25-18)13-3-5-14(23)6-4-13/h3-10,20H,11-12H2,1-2H3/t20-/m0/s1. The van der Waals surface area contributed by atoms with E-state index in [-0.39, 0.29) is 11.9 Å². The van der Waals surface area contributed by atoms with Gasteiger partial charge in [-0.15, -0.1) is 0 Å². The van der Waals surface area contributed by atoms with Crippen LogP contribution in [0.25, 0.3) is 23.0 Å². The number of nitrogens with zero attached hydrogens (tertiary/aromatic N) is 4. The molecule has 0 N–H and O–H groups in total. The number of halogens is 1. The molecule has 0 unspecified atom stereocenters. The lowest BCUT2D eigenvalue weighted by Gasteiger charge is -2.24. The highest BCUT2D eigenvalue weighted by Gasteiger charge is 2.25. The van der Waals surface area contributed by atoms with Gasteiger partial charge in [0, 0.05) is 6.07 Å². The highest BCUT2D eigenvalue weighted by molar-refractivity contribution is 5.66. The van der Waals surface area contributed by atoms with Gasteiger partial charge in [0.15, 0.2) is 5.69 Å². The molecular weight excluding hydrogens is 403 g/mol. The molecule has 0 spiro atoms. The Labute approximate surface area is 177 Å². The van der Waals surface area contributed by atoms with Crippen LogP contribution in [0.5, 0.6) is 11.5 Å². The van der Waals surface area contributed by atoms with E-state index in [0.717, 1.165) is 11.3 Å². The fraction of sp³-hybridized carbons (Fsp3) is 0.227. The van der Waals surface area contributed by atoms with E-state index >= 15 is 0 Å². The van der Waals surface area contributed by atoms with E-state index in [0.29, 0.717) is 47.6 Å². The van der Waals surface area contributed by atoms with Gasteiger partial charge in [0.05, 0.1) is 38.6 Å². The van der Waals surface area contributed by atoms with Crippen molar-refractivity contribution in [2.24, 2.45) is 0 Å². The molecule has 8 nitrogen and oxygen atoms in total. The number of benzene rings is 2. The zero-order chi connectivity index (χ0) is 21.4. The fourth-order valence-electron chi connectivity index (χ4n) is 3.53. The van der Waals surface area contributed by atoms with E-state index in [1.54, 1.807) is 38.5 Å². The number of fused-ring (bicyclic) bond motifs is 1. The Morgan fingerprint density at radius 3 is 2.68 bits per heavy atom. The summed E-state index contributed by atoms with van der Waals surface area (Å²) in [7, 11) is 3.16. The van der Waals surface area contributed by atoms with Gasteiger partial charge in [0.2, 0.25) is 5.82 Å². The first-order valence-electron chi connectivity index (χ1n) is 9.65. The van der Waals surface area contributed by atoms with Crippen LogP contribution >= 0.6 is 0 Å². The lowest BCUT2D eigenvalue weighted by molar-refractivity contribution is -0.00116. The average Bonchev–Trinajstić information content (AvgIpc) is 3.45. The van der Waals surface area contributed by atoms with E-state index < -0.39 is 0 Å². The summed E-state index contributed by atoms with van der Waals surface area (Å²) in [5.74, 6) is 1.66. The van der Waals surface area contributed by atoms with Crippen LogP contribution in [0.2, 0.25) is 0 Å². The van der Waals surface area contributed by atoms with Gasteiger partial charge >= 0.3 is 0 Å². The first kappa shape index (κ1) is 19.3. The molecule has 4 aromatic rings. The molecule has 9 heteroatoms. The largest absolute Gasteiger partial charge is 0.497 e. The van der Waals surface area contributed by atoms with Gasteiger partial charge < -0.3 is 18.7 Å². The monoisotopic (exact) mass is 422 g/mol. The molecule has 2 aromatic heterocycles. The molecule has 2 aromatic carbocycles. The van der Waals surface area contributed by atoms with E-state index in [1.807, 2.05) is 16.8 Å². The van der Waals surface area contributed by atoms with Gasteiger partial charge in [-0.2, -0.15) is 10.1 Å². The molecule has 158 valence electrons. The van der Waals surface area contributed by atoms with Crippen molar-refractivity contribution in [3.8, 4) is 34.5 Å². The van der Waals surface area contributed by atoms with E-state index in [2.05, 4.69) is 15.2 Å². The van der Waals surface area contributed by atoms with Gasteiger partial charge in [-0.05, 0) is 35.9 Å². The molecule has 5 rings (SSSR count). The molecule has 0 amide bonds. The minimum atomic E-state index is -0.276. The molecule has 1 aliphatic rings. The lowest BCUT2D eigenvalue weighted by Crippen LogP contribution is -2.21. The van der Waals surface area contributed by atoms with Gasteiger partial charge in [-0.1, -0.05) is 17.3 Å². The first-order chi connectivity index (χ1) is 15.1. The molecule has 1 atom stereocenters. The summed E-state index contributed by atoms with van der Waals surface area (Å²) >= 11 is 0. The van der Waals surface area contributed by atoms with Crippen LogP contribution in [-0.2, 0) is 17.9 Å². The Morgan fingerprint density at radius 1 is 1.06 bits per heavy atom. The van der Waals surface area contributed by atoms with Crippen molar-refractivity contribution in [1.82, 2.24) is 19.9 Å². The molecule has 0 fully saturated rings. The third-order valence-corrected chi connectivity index (χ3v) is 5.17. The number of hydrogen-bond donors (Lipinski definition) is 0. The van der Waals surface area contributed by atoms with E-state index in [1.165, 1.54) is 12.1 Å². The van der Waals surface area contributed by atoms with Crippen molar-refractivity contribution in [3.05, 3.63) is 65.6 Å². The van der Waals surface area contributed by atoms with Crippen LogP contribution in [0.3, 0.4) is 0 Å². The summed E-state index contributed by atoms with van der Waals surface area (Å²) in [5.41, 5.74) is 3.04. The molecule has 0 radical (unpaired) electrons. The van der Waals surface area contributed by atoms with Gasteiger partial charge in [-0.25, -0.2) is 4.39 Å². The summed E-state index contributed by atoms with van der Waals surface area (Å²) in [6.07, 6.45) is -0.206. The lowest BCUT2D eigenvalue weighted by atomic mass is 10.1. The zero-order valence-electron chi connectivity index (χ0n) is 16.9. The highest BCUT2D eigenvalue weighted by Crippen LogP contribution is 2.33. The quantitative estimate of drug-likeness (QED) is 0.480. The predicted molar refractivity (Wildman–Crippen MR) is 108 cm³/mol. The molecule has 0 aliphatic carbocycles. The topological polar surface area (TPSA) is 84.4 Å². The third kappa shape index (κ3) is 3.64. The van der Waals surface area contributed by atoms with Crippen molar-refractivity contribution in [2.45, 2.75) is 19.3 Å². The van der Waals surface area contributed by atoms with Crippen LogP contribution in [0.1, 0.15) is 17.4 Å². The fourth-order valence-corrected chi connectivity index (χ4v) is 3.53. The molecule has 1 aliphatic heterocycles. The van der Waals surface area contributed by atoms with Gasteiger partial charge in [-0.3, -0.25) is 4.68 Å². The normalized spacial score (nSPS) is 15.5. The average molecular weight is 422 g/mol. The van der Waals surface area contributed by atoms with Crippen molar-refractivity contribution < 1.29 is 23.1 Å². The van der Waals surface area contributed by atoms with Crippen LogP contribution in [0.15, 0.2) is 53.1 Å². The summed E-state index contributed by atoms with van der Waals surface area (Å²) < 4.78 is 37.1. The van der Waals surface area contributed by atoms with Gasteiger partial charge in [0.25, 0.3) is 5.89 Å². The van der Waals surface area contributed by atoms with Crippen molar-refractivity contribution in [2.75, 3.05) is 14.2 Å². The maximum absolute atomic E-state index is 13.2. The maximum Gasteiger partial charge on any atom is 0.278 e. The molecular formula is C22H19FN4O4. The highest BCUT2D eigenvalue weighted by atomic mass is 19.1. The maximum atomic E-state index is 13.2. The summed E-state index contributed by atoms with van der Waals surface area (Å²) in [6, 6.07) is 13.5. The van der Waals surface area contributed by atoms with Crippen molar-refractivity contribution >= 4 is 0 Å². The Balaban J connectivity index is 1.40. The second-order valence-corrected chi connectivity index (χ2v) is 7.04. The zero-order valence-corrected chi connectivity index (χ0v) is 16.9. The van der Waals surface area contributed by atoms with Crippen molar-refractivity contribution in [1.29, 1.82) is 0 Å². The second-order valence-electron chi connectivity index (χ2n) is 7.04. The summed E-state index contributed by atoms with van der Waals surface area (Å²) in [5, 5.41) is 8.69. The van der Waals surface area contributed by atoms with E-state index in [4.69, 9.17) is 18.7 Å².